The lowest BCUT2D eigenvalue weighted by molar-refractivity contribution is -0.136. The van der Waals surface area contributed by atoms with Gasteiger partial charge >= 0.3 is 6.09 Å². The van der Waals surface area contributed by atoms with E-state index in [1.165, 1.54) is 4.57 Å². The maximum atomic E-state index is 12.1. The zero-order valence-corrected chi connectivity index (χ0v) is 31.9. The molecule has 2 aliphatic heterocycles. The molecule has 2 aliphatic rings. The van der Waals surface area contributed by atoms with Gasteiger partial charge < -0.3 is 40.5 Å². The fraction of sp³-hybridized carbons (Fsp3) is 0.606. The van der Waals surface area contributed by atoms with E-state index in [9.17, 15) is 14.4 Å². The van der Waals surface area contributed by atoms with E-state index >= 15 is 0 Å². The number of aryl methyl sites for hydroxylation is 3. The van der Waals surface area contributed by atoms with Crippen molar-refractivity contribution in [1.82, 2.24) is 44.3 Å². The molecule has 0 unspecified atom stereocenters. The molecule has 0 bridgehead atoms. The van der Waals surface area contributed by atoms with Crippen LogP contribution in [-0.4, -0.2) is 127 Å². The monoisotopic (exact) mass is 774 g/mol. The molecule has 5 rings (SSSR count). The maximum Gasteiger partial charge on any atom is 0.421 e. The number of nitrogens with two attached hydrogens (primary N) is 2. The number of aromatic amines is 1. The Morgan fingerprint density at radius 1 is 1.00 bits per heavy atom. The third kappa shape index (κ3) is 16.5. The Kier molecular flexibility index (Phi) is 19.4. The predicted molar refractivity (Wildman–Crippen MR) is 201 cm³/mol. The second-order valence-corrected chi connectivity index (χ2v) is 12.9. The van der Waals surface area contributed by atoms with E-state index in [0.717, 1.165) is 42.8 Å². The largest absolute Gasteiger partial charge is 0.443 e. The third-order valence-electron chi connectivity index (χ3n) is 7.53. The van der Waals surface area contributed by atoms with Gasteiger partial charge in [0, 0.05) is 55.6 Å². The zero-order valence-electron chi connectivity index (χ0n) is 31.1. The van der Waals surface area contributed by atoms with Crippen LogP contribution in [0.5, 0.6) is 0 Å². The molecule has 296 valence electrons. The number of terminal acetylenes is 1. The van der Waals surface area contributed by atoms with E-state index in [2.05, 4.69) is 41.2 Å². The topological polar surface area (TPSA) is 263 Å². The Bertz CT molecular complexity index is 1690. The Balaban J connectivity index is 0.000000292. The highest BCUT2D eigenvalue weighted by Gasteiger charge is 2.21. The minimum atomic E-state index is -0.558. The SMILES string of the molecule is C#CCCCc1cn(C(=O)OC(C)(C)C)c(N)n1.Cl.Nc1ncc(CCCc2cn(CC(=O)N3CCOCC3)nn2)[nH]1.[N-]=[N+]=NCC(=O)N1CCOCC1. The van der Waals surface area contributed by atoms with Gasteiger partial charge in [-0.25, -0.2) is 24.0 Å². The average Bonchev–Trinajstić information content (AvgIpc) is 3.87. The molecule has 3 aromatic heterocycles. The summed E-state index contributed by atoms with van der Waals surface area (Å²) in [4.78, 5) is 52.1. The minimum absolute atomic E-state index is 0. The number of morpholine rings is 2. The highest BCUT2D eigenvalue weighted by atomic mass is 35.5. The standard InChI is InChI=1S/C14H21N7O2.C13H19N3O2.C6H10N4O2.ClH/c15-14-16-8-11(17-14)2-1-3-12-9-21(19-18-12)10-13(22)20-4-6-23-7-5-20;1-5-6-7-8-10-9-16(11(14)15-10)12(17)18-13(2,3)4;7-9-8-5-6(11)10-1-3-12-4-2-10;/h8-9H,1-7,10H2,(H3,15,16,17);1,9H,6-8H2,2-4H3,(H2,14,15);1-5H2;1H. The van der Waals surface area contributed by atoms with Crippen LogP contribution in [-0.2, 0) is 49.6 Å². The Hall–Kier alpha value is -5.35. The average molecular weight is 775 g/mol. The number of anilines is 2. The molecule has 0 atom stereocenters. The molecular formula is C33H51ClN14O6. The number of unbranched alkanes of at least 4 members (excludes halogenated alkanes) is 1. The van der Waals surface area contributed by atoms with Gasteiger partial charge in [0.2, 0.25) is 17.8 Å². The summed E-state index contributed by atoms with van der Waals surface area (Å²) in [5.41, 5.74) is 21.3. The third-order valence-corrected chi connectivity index (χ3v) is 7.53. The number of carbonyl (C=O) groups excluding carboxylic acids is 3. The Labute approximate surface area is 320 Å². The molecule has 3 aromatic rings. The van der Waals surface area contributed by atoms with Crippen molar-refractivity contribution < 1.29 is 28.6 Å². The summed E-state index contributed by atoms with van der Waals surface area (Å²) in [6.45, 7) is 10.4. The first kappa shape index (κ1) is 44.8. The molecule has 5 N–H and O–H groups in total. The van der Waals surface area contributed by atoms with E-state index in [0.29, 0.717) is 71.4 Å². The van der Waals surface area contributed by atoms with Crippen LogP contribution in [0, 0.1) is 12.3 Å². The summed E-state index contributed by atoms with van der Waals surface area (Å²) in [5, 5.41) is 11.3. The van der Waals surface area contributed by atoms with Crippen LogP contribution in [0.15, 0.2) is 23.7 Å². The van der Waals surface area contributed by atoms with Crippen molar-refractivity contribution in [2.24, 2.45) is 5.11 Å². The highest BCUT2D eigenvalue weighted by Crippen LogP contribution is 2.14. The van der Waals surface area contributed by atoms with Crippen molar-refractivity contribution in [3.05, 3.63) is 46.1 Å². The Morgan fingerprint density at radius 3 is 2.20 bits per heavy atom. The number of hydrogen-bond acceptors (Lipinski definition) is 13. The second-order valence-electron chi connectivity index (χ2n) is 12.9. The lowest BCUT2D eigenvalue weighted by Crippen LogP contribution is -2.42. The molecule has 0 aromatic carbocycles. The summed E-state index contributed by atoms with van der Waals surface area (Å²) in [5.74, 6) is 3.06. The number of nitrogen functional groups attached to an aromatic ring is 2. The number of nitrogens with zero attached hydrogens (tertiary/aromatic N) is 11. The first-order valence-electron chi connectivity index (χ1n) is 17.3. The summed E-state index contributed by atoms with van der Waals surface area (Å²) in [7, 11) is 0. The number of rotatable bonds is 11. The van der Waals surface area contributed by atoms with E-state index in [1.54, 1.807) is 47.6 Å². The number of amides is 2. The van der Waals surface area contributed by atoms with Gasteiger partial charge in [0.25, 0.3) is 0 Å². The molecule has 0 radical (unpaired) electrons. The van der Waals surface area contributed by atoms with Gasteiger partial charge in [-0.05, 0) is 58.4 Å². The zero-order chi connectivity index (χ0) is 38.6. The number of hydrogen-bond donors (Lipinski definition) is 3. The Morgan fingerprint density at radius 2 is 1.63 bits per heavy atom. The van der Waals surface area contributed by atoms with Crippen LogP contribution >= 0.6 is 12.4 Å². The highest BCUT2D eigenvalue weighted by molar-refractivity contribution is 5.85. The van der Waals surface area contributed by atoms with E-state index < -0.39 is 11.7 Å². The molecule has 2 fully saturated rings. The van der Waals surface area contributed by atoms with Gasteiger partial charge in [-0.3, -0.25) is 9.59 Å². The van der Waals surface area contributed by atoms with Crippen LogP contribution in [0.2, 0.25) is 0 Å². The van der Waals surface area contributed by atoms with Gasteiger partial charge in [0.05, 0.1) is 44.0 Å². The van der Waals surface area contributed by atoms with E-state index in [1.807, 2.05) is 6.20 Å². The summed E-state index contributed by atoms with van der Waals surface area (Å²) in [6, 6.07) is 0. The fourth-order valence-electron chi connectivity index (χ4n) is 4.94. The molecule has 0 spiro atoms. The van der Waals surface area contributed by atoms with Crippen molar-refractivity contribution >= 4 is 42.2 Å². The van der Waals surface area contributed by atoms with Crippen LogP contribution in [0.4, 0.5) is 16.7 Å². The molecule has 54 heavy (non-hydrogen) atoms. The van der Waals surface area contributed by atoms with Gasteiger partial charge in [0.1, 0.15) is 18.7 Å². The second kappa shape index (κ2) is 23.3. The molecule has 5 heterocycles. The lowest BCUT2D eigenvalue weighted by Gasteiger charge is -2.26. The van der Waals surface area contributed by atoms with Crippen molar-refractivity contribution in [1.29, 1.82) is 0 Å². The quantitative estimate of drug-likeness (QED) is 0.0834. The van der Waals surface area contributed by atoms with Gasteiger partial charge in [-0.2, -0.15) is 0 Å². The number of ether oxygens (including phenoxy) is 3. The number of imidazole rings is 2. The van der Waals surface area contributed by atoms with E-state index in [4.69, 9.17) is 37.6 Å². The smallest absolute Gasteiger partial charge is 0.421 e. The summed E-state index contributed by atoms with van der Waals surface area (Å²) < 4.78 is 18.3. The predicted octanol–water partition coefficient (Wildman–Crippen LogP) is 2.40. The number of H-pyrrole nitrogens is 1. The molecule has 20 nitrogen and oxygen atoms in total. The van der Waals surface area contributed by atoms with Gasteiger partial charge in [0.15, 0.2) is 5.95 Å². The number of halogens is 1. The normalized spacial score (nSPS) is 13.8. The molecular weight excluding hydrogens is 724 g/mol. The number of nitrogens with one attached hydrogen (secondary N) is 1. The van der Waals surface area contributed by atoms with E-state index in [-0.39, 0.29) is 43.3 Å². The van der Waals surface area contributed by atoms with Crippen LogP contribution in [0.25, 0.3) is 10.4 Å². The van der Waals surface area contributed by atoms with Crippen molar-refractivity contribution in [3.8, 4) is 12.3 Å². The number of aromatic nitrogens is 7. The molecule has 0 aliphatic carbocycles. The molecule has 21 heteroatoms. The summed E-state index contributed by atoms with van der Waals surface area (Å²) >= 11 is 0. The molecule has 0 saturated carbocycles. The van der Waals surface area contributed by atoms with Crippen LogP contribution in [0.1, 0.15) is 57.1 Å². The van der Waals surface area contributed by atoms with Crippen LogP contribution in [0.3, 0.4) is 0 Å². The first-order valence-corrected chi connectivity index (χ1v) is 17.3. The molecule has 2 amide bonds. The van der Waals surface area contributed by atoms with Gasteiger partial charge in [-0.1, -0.05) is 10.3 Å². The van der Waals surface area contributed by atoms with Crippen LogP contribution < -0.4 is 11.5 Å². The molecule has 2 saturated heterocycles. The van der Waals surface area contributed by atoms with Gasteiger partial charge in [-0.15, -0.1) is 29.8 Å². The number of carbonyl (C=O) groups is 3. The van der Waals surface area contributed by atoms with Crippen molar-refractivity contribution in [2.75, 3.05) is 70.6 Å². The minimum Gasteiger partial charge on any atom is -0.443 e. The maximum absolute atomic E-state index is 12.1. The first-order chi connectivity index (χ1) is 25.4. The van der Waals surface area contributed by atoms with Crippen molar-refractivity contribution in [2.45, 2.75) is 71.4 Å². The fourth-order valence-corrected chi connectivity index (χ4v) is 4.94. The number of azide groups is 1. The lowest BCUT2D eigenvalue weighted by atomic mass is 10.2. The van der Waals surface area contributed by atoms with Crippen molar-refractivity contribution in [3.63, 3.8) is 0 Å². The summed E-state index contributed by atoms with van der Waals surface area (Å²) in [6.07, 6.45) is 14.6.